The van der Waals surface area contributed by atoms with E-state index in [9.17, 15) is 0 Å². The summed E-state index contributed by atoms with van der Waals surface area (Å²) in [5.41, 5.74) is 4.49. The third-order valence-corrected chi connectivity index (χ3v) is 5.03. The summed E-state index contributed by atoms with van der Waals surface area (Å²) in [7, 11) is 0. The summed E-state index contributed by atoms with van der Waals surface area (Å²) in [5, 5.41) is 2.47. The van der Waals surface area contributed by atoms with Crippen molar-refractivity contribution >= 4 is 5.69 Å². The molecular weight excluding hydrogens is 262 g/mol. The zero-order valence-corrected chi connectivity index (χ0v) is 13.4. The van der Waals surface area contributed by atoms with Crippen molar-refractivity contribution < 1.29 is 15.0 Å². The SMILES string of the molecule is CCN(CC)c1ccc2c(c1)C[NH2+]C[C@H]2[NH+]1CCOCC1. The average molecular weight is 291 g/mol. The summed E-state index contributed by atoms with van der Waals surface area (Å²) in [5.74, 6) is 0. The van der Waals surface area contributed by atoms with Gasteiger partial charge in [-0.05, 0) is 26.0 Å². The molecule has 0 saturated carbocycles. The van der Waals surface area contributed by atoms with Crippen LogP contribution >= 0.6 is 0 Å². The van der Waals surface area contributed by atoms with Crippen molar-refractivity contribution in [2.75, 3.05) is 50.8 Å². The summed E-state index contributed by atoms with van der Waals surface area (Å²) in [4.78, 5) is 4.14. The van der Waals surface area contributed by atoms with E-state index in [0.29, 0.717) is 6.04 Å². The predicted octanol–water partition coefficient (Wildman–Crippen LogP) is -0.434. The van der Waals surface area contributed by atoms with Crippen LogP contribution in [0.5, 0.6) is 0 Å². The summed E-state index contributed by atoms with van der Waals surface area (Å²) < 4.78 is 5.52. The Bertz CT molecular complexity index is 467. The topological polar surface area (TPSA) is 33.5 Å². The first kappa shape index (κ1) is 14.8. The Balaban J connectivity index is 1.84. The number of morpholine rings is 1. The highest BCUT2D eigenvalue weighted by Crippen LogP contribution is 2.24. The van der Waals surface area contributed by atoms with Crippen molar-refractivity contribution in [1.29, 1.82) is 0 Å². The highest BCUT2D eigenvalue weighted by molar-refractivity contribution is 5.51. The van der Waals surface area contributed by atoms with Crippen LogP contribution in [0.15, 0.2) is 18.2 Å². The number of anilines is 1. The molecule has 0 spiro atoms. The minimum absolute atomic E-state index is 0.642. The second kappa shape index (κ2) is 6.77. The van der Waals surface area contributed by atoms with E-state index in [1.165, 1.54) is 17.8 Å². The molecule has 4 nitrogen and oxygen atoms in total. The lowest BCUT2D eigenvalue weighted by atomic mass is 9.94. The summed E-state index contributed by atoms with van der Waals surface area (Å²) in [6.07, 6.45) is 0. The Kier molecular flexibility index (Phi) is 4.78. The quantitative estimate of drug-likeness (QED) is 0.789. The fourth-order valence-electron chi connectivity index (χ4n) is 3.80. The molecule has 0 amide bonds. The fraction of sp³-hybridized carbons (Fsp3) is 0.647. The molecule has 1 aromatic carbocycles. The molecule has 1 atom stereocenters. The molecule has 0 radical (unpaired) electrons. The Morgan fingerprint density at radius 2 is 2.00 bits per heavy atom. The van der Waals surface area contributed by atoms with E-state index in [1.54, 1.807) is 10.5 Å². The Labute approximate surface area is 128 Å². The van der Waals surface area contributed by atoms with Crippen molar-refractivity contribution in [3.05, 3.63) is 29.3 Å². The summed E-state index contributed by atoms with van der Waals surface area (Å²) in [6, 6.07) is 7.78. The van der Waals surface area contributed by atoms with E-state index in [4.69, 9.17) is 4.74 Å². The van der Waals surface area contributed by atoms with Gasteiger partial charge in [-0.3, -0.25) is 0 Å². The van der Waals surface area contributed by atoms with E-state index >= 15 is 0 Å². The number of fused-ring (bicyclic) bond motifs is 1. The molecule has 0 unspecified atom stereocenters. The second-order valence-corrected chi connectivity index (χ2v) is 6.11. The lowest BCUT2D eigenvalue weighted by molar-refractivity contribution is -0.954. The van der Waals surface area contributed by atoms with Gasteiger partial charge < -0.3 is 19.9 Å². The number of nitrogens with zero attached hydrogens (tertiary/aromatic N) is 1. The van der Waals surface area contributed by atoms with Gasteiger partial charge in [-0.1, -0.05) is 6.07 Å². The third-order valence-electron chi connectivity index (χ3n) is 5.03. The van der Waals surface area contributed by atoms with Crippen LogP contribution < -0.4 is 15.1 Å². The van der Waals surface area contributed by atoms with Crippen molar-refractivity contribution in [2.45, 2.75) is 26.4 Å². The molecule has 2 aliphatic heterocycles. The molecule has 1 saturated heterocycles. The van der Waals surface area contributed by atoms with Crippen LogP contribution in [0.2, 0.25) is 0 Å². The smallest absolute Gasteiger partial charge is 0.163 e. The van der Waals surface area contributed by atoms with Gasteiger partial charge in [0.15, 0.2) is 6.04 Å². The van der Waals surface area contributed by atoms with Gasteiger partial charge >= 0.3 is 0 Å². The van der Waals surface area contributed by atoms with E-state index < -0.39 is 0 Å². The molecule has 3 N–H and O–H groups in total. The maximum absolute atomic E-state index is 5.52. The van der Waals surface area contributed by atoms with Crippen molar-refractivity contribution in [3.63, 3.8) is 0 Å². The van der Waals surface area contributed by atoms with Crippen molar-refractivity contribution in [3.8, 4) is 0 Å². The Morgan fingerprint density at radius 3 is 2.71 bits per heavy atom. The van der Waals surface area contributed by atoms with Crippen LogP contribution in [0, 0.1) is 0 Å². The van der Waals surface area contributed by atoms with E-state index in [1.807, 2.05) is 0 Å². The molecule has 0 aromatic heterocycles. The monoisotopic (exact) mass is 291 g/mol. The highest BCUT2D eigenvalue weighted by atomic mass is 16.5. The van der Waals surface area contributed by atoms with Crippen LogP contribution in [0.3, 0.4) is 0 Å². The third kappa shape index (κ3) is 3.07. The number of hydrogen-bond donors (Lipinski definition) is 2. The Hall–Kier alpha value is -1.10. The summed E-state index contributed by atoms with van der Waals surface area (Å²) in [6.45, 7) is 13.1. The standard InChI is InChI=1S/C17H27N3O/c1-3-19(4-2)15-5-6-16-14(11-15)12-18-13-17(16)20-7-9-21-10-8-20/h5-6,11,17-18H,3-4,7-10,12-13H2,1-2H3/p+2/t17-/m1/s1. The molecule has 21 heavy (non-hydrogen) atoms. The van der Waals surface area contributed by atoms with Crippen molar-refractivity contribution in [1.82, 2.24) is 0 Å². The van der Waals surface area contributed by atoms with Gasteiger partial charge in [-0.15, -0.1) is 0 Å². The molecule has 1 aromatic rings. The molecule has 3 rings (SSSR count). The number of quaternary nitrogens is 2. The average Bonchev–Trinajstić information content (AvgIpc) is 2.56. The number of ether oxygens (including phenoxy) is 1. The van der Waals surface area contributed by atoms with Gasteiger partial charge in [0.2, 0.25) is 0 Å². The largest absolute Gasteiger partial charge is 0.372 e. The zero-order valence-electron chi connectivity index (χ0n) is 13.4. The normalized spacial score (nSPS) is 22.9. The zero-order chi connectivity index (χ0) is 14.7. The number of benzene rings is 1. The van der Waals surface area contributed by atoms with Gasteiger partial charge in [0.05, 0.1) is 13.2 Å². The molecule has 0 bridgehead atoms. The molecular formula is C17H29N3O+2. The highest BCUT2D eigenvalue weighted by Gasteiger charge is 2.32. The number of nitrogens with two attached hydrogens (primary N) is 1. The maximum Gasteiger partial charge on any atom is 0.163 e. The van der Waals surface area contributed by atoms with Gasteiger partial charge in [-0.2, -0.15) is 0 Å². The van der Waals surface area contributed by atoms with Crippen LogP contribution in [0.1, 0.15) is 31.0 Å². The number of rotatable bonds is 4. The second-order valence-electron chi connectivity index (χ2n) is 6.11. The number of hydrogen-bond acceptors (Lipinski definition) is 2. The minimum Gasteiger partial charge on any atom is -0.372 e. The van der Waals surface area contributed by atoms with E-state index in [2.05, 4.69) is 42.3 Å². The van der Waals surface area contributed by atoms with Crippen LogP contribution in [-0.2, 0) is 11.3 Å². The van der Waals surface area contributed by atoms with Crippen LogP contribution in [-0.4, -0.2) is 45.9 Å². The molecule has 2 aliphatic rings. The first-order valence-electron chi connectivity index (χ1n) is 8.45. The van der Waals surface area contributed by atoms with Gasteiger partial charge in [-0.25, -0.2) is 0 Å². The van der Waals surface area contributed by atoms with Gasteiger partial charge in [0, 0.05) is 29.9 Å². The molecule has 2 heterocycles. The predicted molar refractivity (Wildman–Crippen MR) is 84.8 cm³/mol. The first-order valence-corrected chi connectivity index (χ1v) is 8.45. The fourth-order valence-corrected chi connectivity index (χ4v) is 3.80. The van der Waals surface area contributed by atoms with Crippen LogP contribution in [0.25, 0.3) is 0 Å². The van der Waals surface area contributed by atoms with Gasteiger partial charge in [0.25, 0.3) is 0 Å². The van der Waals surface area contributed by atoms with Crippen LogP contribution in [0.4, 0.5) is 5.69 Å². The molecule has 4 heteroatoms. The summed E-state index contributed by atoms with van der Waals surface area (Å²) >= 11 is 0. The molecule has 1 fully saturated rings. The maximum atomic E-state index is 5.52. The van der Waals surface area contributed by atoms with Crippen molar-refractivity contribution in [2.24, 2.45) is 0 Å². The van der Waals surface area contributed by atoms with Gasteiger partial charge in [0.1, 0.15) is 26.2 Å². The Morgan fingerprint density at radius 1 is 1.24 bits per heavy atom. The van der Waals surface area contributed by atoms with E-state index in [0.717, 1.165) is 45.9 Å². The first-order chi connectivity index (χ1) is 10.3. The minimum atomic E-state index is 0.642. The molecule has 0 aliphatic carbocycles. The number of nitrogens with one attached hydrogen (secondary N) is 1. The lowest BCUT2D eigenvalue weighted by Crippen LogP contribution is -3.17. The lowest BCUT2D eigenvalue weighted by Gasteiger charge is -2.34. The van der Waals surface area contributed by atoms with E-state index in [-0.39, 0.29) is 0 Å². The molecule has 116 valence electrons.